The summed E-state index contributed by atoms with van der Waals surface area (Å²) in [7, 11) is 3.56. The summed E-state index contributed by atoms with van der Waals surface area (Å²) in [5, 5.41) is 3.13. The Morgan fingerprint density at radius 3 is 2.59 bits per heavy atom. The summed E-state index contributed by atoms with van der Waals surface area (Å²) in [6, 6.07) is 7.26. The second-order valence-corrected chi connectivity index (χ2v) is 4.36. The van der Waals surface area contributed by atoms with Crippen molar-refractivity contribution in [3.05, 3.63) is 29.8 Å². The summed E-state index contributed by atoms with van der Waals surface area (Å²) in [4.78, 5) is 13.9. The van der Waals surface area contributed by atoms with E-state index in [0.717, 1.165) is 30.9 Å². The Kier molecular flexibility index (Phi) is 3.64. The average molecular weight is 234 g/mol. The van der Waals surface area contributed by atoms with Crippen molar-refractivity contribution in [1.82, 2.24) is 10.2 Å². The lowest BCUT2D eigenvalue weighted by atomic mass is 9.99. The highest BCUT2D eigenvalue weighted by atomic mass is 16.5. The normalized spacial score (nSPS) is 15.5. The van der Waals surface area contributed by atoms with Crippen LogP contribution in [0.25, 0.3) is 0 Å². The average Bonchev–Trinajstić information content (AvgIpc) is 2.32. The molecular weight excluding hydrogens is 216 g/mol. The molecule has 1 aromatic rings. The Balaban J connectivity index is 1.92. The predicted molar refractivity (Wildman–Crippen MR) is 66.3 cm³/mol. The standard InChI is InChI=1S/C13H18N2O2/c1-14-7-10-8-15(9-10)13(16)11-3-5-12(17-2)6-4-11/h3-6,10,14H,7-9H2,1-2H3. The molecule has 1 amide bonds. The van der Waals surface area contributed by atoms with Crippen LogP contribution in [0.5, 0.6) is 5.75 Å². The monoisotopic (exact) mass is 234 g/mol. The molecule has 1 N–H and O–H groups in total. The number of benzene rings is 1. The van der Waals surface area contributed by atoms with Crippen LogP contribution in [0.15, 0.2) is 24.3 Å². The zero-order valence-corrected chi connectivity index (χ0v) is 10.3. The minimum absolute atomic E-state index is 0.111. The van der Waals surface area contributed by atoms with Gasteiger partial charge in [0.2, 0.25) is 0 Å². The van der Waals surface area contributed by atoms with E-state index in [0.29, 0.717) is 5.92 Å². The largest absolute Gasteiger partial charge is 0.497 e. The molecule has 0 unspecified atom stereocenters. The van der Waals surface area contributed by atoms with E-state index in [1.54, 1.807) is 7.11 Å². The molecule has 4 nitrogen and oxygen atoms in total. The van der Waals surface area contributed by atoms with Gasteiger partial charge in [0.15, 0.2) is 0 Å². The van der Waals surface area contributed by atoms with E-state index in [1.165, 1.54) is 0 Å². The second-order valence-electron chi connectivity index (χ2n) is 4.36. The van der Waals surface area contributed by atoms with E-state index in [-0.39, 0.29) is 5.91 Å². The lowest BCUT2D eigenvalue weighted by Gasteiger charge is -2.39. The van der Waals surface area contributed by atoms with Gasteiger partial charge in [0.05, 0.1) is 7.11 Å². The highest BCUT2D eigenvalue weighted by Crippen LogP contribution is 2.19. The van der Waals surface area contributed by atoms with Crippen molar-refractivity contribution in [2.45, 2.75) is 0 Å². The van der Waals surface area contributed by atoms with Crippen molar-refractivity contribution in [3.8, 4) is 5.75 Å². The van der Waals surface area contributed by atoms with Crippen molar-refractivity contribution >= 4 is 5.91 Å². The van der Waals surface area contributed by atoms with E-state index in [1.807, 2.05) is 36.2 Å². The summed E-state index contributed by atoms with van der Waals surface area (Å²) in [6.45, 7) is 2.68. The van der Waals surface area contributed by atoms with E-state index in [4.69, 9.17) is 4.74 Å². The fourth-order valence-corrected chi connectivity index (χ4v) is 2.07. The van der Waals surface area contributed by atoms with Crippen LogP contribution in [0.1, 0.15) is 10.4 Å². The first-order chi connectivity index (χ1) is 8.24. The van der Waals surface area contributed by atoms with Gasteiger partial charge >= 0.3 is 0 Å². The van der Waals surface area contributed by atoms with E-state index in [2.05, 4.69) is 5.32 Å². The molecule has 0 bridgehead atoms. The molecule has 1 saturated heterocycles. The predicted octanol–water partition coefficient (Wildman–Crippen LogP) is 0.987. The van der Waals surface area contributed by atoms with Gasteiger partial charge in [-0.05, 0) is 31.3 Å². The third kappa shape index (κ3) is 2.58. The van der Waals surface area contributed by atoms with Crippen LogP contribution < -0.4 is 10.1 Å². The number of hydrogen-bond acceptors (Lipinski definition) is 3. The SMILES string of the molecule is CNCC1CN(C(=O)c2ccc(OC)cc2)C1. The fraction of sp³-hybridized carbons (Fsp3) is 0.462. The van der Waals surface area contributed by atoms with Gasteiger partial charge in [-0.1, -0.05) is 0 Å². The zero-order chi connectivity index (χ0) is 12.3. The number of nitrogens with zero attached hydrogens (tertiary/aromatic N) is 1. The third-order valence-corrected chi connectivity index (χ3v) is 3.07. The molecule has 2 rings (SSSR count). The van der Waals surface area contributed by atoms with Crippen molar-refractivity contribution in [1.29, 1.82) is 0 Å². The highest BCUT2D eigenvalue weighted by molar-refractivity contribution is 5.94. The van der Waals surface area contributed by atoms with Gasteiger partial charge in [0, 0.05) is 31.1 Å². The van der Waals surface area contributed by atoms with Gasteiger partial charge in [-0.3, -0.25) is 4.79 Å². The molecule has 1 aromatic carbocycles. The Labute approximate surface area is 102 Å². The first-order valence-corrected chi connectivity index (χ1v) is 5.82. The summed E-state index contributed by atoms with van der Waals surface area (Å²) in [5.74, 6) is 1.49. The number of carbonyl (C=O) groups is 1. The van der Waals surface area contributed by atoms with E-state index < -0.39 is 0 Å². The minimum atomic E-state index is 0.111. The molecular formula is C13H18N2O2. The Morgan fingerprint density at radius 1 is 1.41 bits per heavy atom. The number of rotatable bonds is 4. The van der Waals surface area contributed by atoms with Crippen molar-refractivity contribution < 1.29 is 9.53 Å². The molecule has 1 fully saturated rings. The van der Waals surface area contributed by atoms with Gasteiger partial charge in [0.1, 0.15) is 5.75 Å². The number of nitrogens with one attached hydrogen (secondary N) is 1. The highest BCUT2D eigenvalue weighted by Gasteiger charge is 2.30. The summed E-state index contributed by atoms with van der Waals surface area (Å²) in [5.41, 5.74) is 0.730. The van der Waals surface area contributed by atoms with Gasteiger partial charge in [-0.15, -0.1) is 0 Å². The molecule has 1 aliphatic rings. The van der Waals surface area contributed by atoms with Crippen LogP contribution in [0.4, 0.5) is 0 Å². The van der Waals surface area contributed by atoms with E-state index >= 15 is 0 Å². The van der Waals surface area contributed by atoms with Crippen molar-refractivity contribution in [2.24, 2.45) is 5.92 Å². The summed E-state index contributed by atoms with van der Waals surface area (Å²) in [6.07, 6.45) is 0. The van der Waals surface area contributed by atoms with Gasteiger partial charge in [-0.25, -0.2) is 0 Å². The first-order valence-electron chi connectivity index (χ1n) is 5.82. The second kappa shape index (κ2) is 5.19. The summed E-state index contributed by atoms with van der Waals surface area (Å²) >= 11 is 0. The Morgan fingerprint density at radius 2 is 2.06 bits per heavy atom. The molecule has 1 heterocycles. The molecule has 0 aliphatic carbocycles. The first kappa shape index (κ1) is 11.9. The number of carbonyl (C=O) groups excluding carboxylic acids is 1. The van der Waals surface area contributed by atoms with Gasteiger partial charge in [-0.2, -0.15) is 0 Å². The maximum absolute atomic E-state index is 12.0. The Bertz CT molecular complexity index is 383. The molecule has 0 spiro atoms. The van der Waals surface area contributed by atoms with Crippen LogP contribution in [0.3, 0.4) is 0 Å². The molecule has 17 heavy (non-hydrogen) atoms. The maximum Gasteiger partial charge on any atom is 0.253 e. The van der Waals surface area contributed by atoms with Crippen LogP contribution in [0.2, 0.25) is 0 Å². The molecule has 0 aromatic heterocycles. The smallest absolute Gasteiger partial charge is 0.253 e. The zero-order valence-electron chi connectivity index (χ0n) is 10.3. The fourth-order valence-electron chi connectivity index (χ4n) is 2.07. The summed E-state index contributed by atoms with van der Waals surface area (Å²) < 4.78 is 5.07. The molecule has 0 atom stereocenters. The topological polar surface area (TPSA) is 41.6 Å². The quantitative estimate of drug-likeness (QED) is 0.844. The van der Waals surface area contributed by atoms with Crippen LogP contribution in [0, 0.1) is 5.92 Å². The number of ether oxygens (including phenoxy) is 1. The lowest BCUT2D eigenvalue weighted by Crippen LogP contribution is -2.52. The molecule has 92 valence electrons. The maximum atomic E-state index is 12.0. The van der Waals surface area contributed by atoms with Crippen LogP contribution in [-0.4, -0.2) is 44.6 Å². The van der Waals surface area contributed by atoms with Crippen molar-refractivity contribution in [2.75, 3.05) is 33.8 Å². The number of amides is 1. The minimum Gasteiger partial charge on any atom is -0.497 e. The molecule has 0 radical (unpaired) electrons. The molecule has 0 saturated carbocycles. The third-order valence-electron chi connectivity index (χ3n) is 3.07. The van der Waals surface area contributed by atoms with E-state index in [9.17, 15) is 4.79 Å². The number of hydrogen-bond donors (Lipinski definition) is 1. The number of methoxy groups -OCH3 is 1. The van der Waals surface area contributed by atoms with Crippen LogP contribution >= 0.6 is 0 Å². The van der Waals surface area contributed by atoms with Crippen molar-refractivity contribution in [3.63, 3.8) is 0 Å². The lowest BCUT2D eigenvalue weighted by molar-refractivity contribution is 0.0504. The molecule has 4 heteroatoms. The number of likely N-dealkylation sites (tertiary alicyclic amines) is 1. The Hall–Kier alpha value is -1.55. The molecule has 1 aliphatic heterocycles. The van der Waals surface area contributed by atoms with Gasteiger partial charge < -0.3 is 15.0 Å². The van der Waals surface area contributed by atoms with Gasteiger partial charge in [0.25, 0.3) is 5.91 Å². The van der Waals surface area contributed by atoms with Crippen LogP contribution in [-0.2, 0) is 0 Å².